The van der Waals surface area contributed by atoms with Crippen LogP contribution in [0.25, 0.3) is 0 Å². The van der Waals surface area contributed by atoms with Gasteiger partial charge in [0.1, 0.15) is 19.2 Å². The van der Waals surface area contributed by atoms with Gasteiger partial charge >= 0.3 is 6.09 Å². The van der Waals surface area contributed by atoms with E-state index in [1.165, 1.54) is 0 Å². The summed E-state index contributed by atoms with van der Waals surface area (Å²) in [7, 11) is 0. The van der Waals surface area contributed by atoms with Crippen molar-refractivity contribution in [3.8, 4) is 0 Å². The summed E-state index contributed by atoms with van der Waals surface area (Å²) >= 11 is 0. The summed E-state index contributed by atoms with van der Waals surface area (Å²) in [6.45, 7) is 0.264. The van der Waals surface area contributed by atoms with E-state index in [1.54, 1.807) is 9.80 Å². The lowest BCUT2D eigenvalue weighted by Gasteiger charge is -2.51. The van der Waals surface area contributed by atoms with Crippen molar-refractivity contribution >= 4 is 17.9 Å². The second-order valence-electron chi connectivity index (χ2n) is 8.63. The van der Waals surface area contributed by atoms with Crippen LogP contribution in [-0.2, 0) is 20.9 Å². The van der Waals surface area contributed by atoms with Gasteiger partial charge in [0.2, 0.25) is 11.8 Å². The third-order valence-electron chi connectivity index (χ3n) is 6.82. The number of hydrogen-bond acceptors (Lipinski definition) is 4. The second-order valence-corrected chi connectivity index (χ2v) is 8.63. The molecule has 5 rings (SSSR count). The average molecular weight is 409 g/mol. The van der Waals surface area contributed by atoms with E-state index < -0.39 is 12.1 Å². The van der Waals surface area contributed by atoms with Gasteiger partial charge in [-0.05, 0) is 37.7 Å². The van der Waals surface area contributed by atoms with Crippen LogP contribution in [0.2, 0.25) is 0 Å². The van der Waals surface area contributed by atoms with Crippen molar-refractivity contribution in [2.24, 2.45) is 0 Å². The molecule has 158 valence electrons. The first-order valence-corrected chi connectivity index (χ1v) is 11.0. The molecule has 3 heterocycles. The van der Waals surface area contributed by atoms with Gasteiger partial charge in [0, 0.05) is 12.2 Å². The molecule has 0 N–H and O–H groups in total. The Bertz CT molecular complexity index is 878. The van der Waals surface area contributed by atoms with Gasteiger partial charge in [-0.15, -0.1) is 0 Å². The molecule has 7 heteroatoms. The normalized spacial score (nSPS) is 26.5. The number of piperazine rings is 1. The molecule has 2 atom stereocenters. The highest BCUT2D eigenvalue weighted by Crippen LogP contribution is 2.39. The Hall–Kier alpha value is -2.83. The Balaban J connectivity index is 1.40. The number of carbonyl (C=O) groups excluding carboxylic acids is 3. The molecule has 3 fully saturated rings. The van der Waals surface area contributed by atoms with Crippen LogP contribution in [0.1, 0.15) is 50.5 Å². The average Bonchev–Trinajstić information content (AvgIpc) is 3.31. The van der Waals surface area contributed by atoms with Gasteiger partial charge in [-0.3, -0.25) is 14.5 Å². The van der Waals surface area contributed by atoms with E-state index in [2.05, 4.69) is 0 Å². The molecule has 1 saturated carbocycles. The Kier molecular flexibility index (Phi) is 4.97. The predicted molar refractivity (Wildman–Crippen MR) is 109 cm³/mol. The van der Waals surface area contributed by atoms with Gasteiger partial charge in [0.25, 0.3) is 0 Å². The number of benzene rings is 1. The van der Waals surface area contributed by atoms with Gasteiger partial charge in [0.05, 0.1) is 11.7 Å². The summed E-state index contributed by atoms with van der Waals surface area (Å²) in [6, 6.07) is 8.99. The van der Waals surface area contributed by atoms with Gasteiger partial charge in [-0.2, -0.15) is 0 Å². The highest BCUT2D eigenvalue weighted by atomic mass is 16.6. The molecule has 0 aromatic heterocycles. The van der Waals surface area contributed by atoms with Crippen molar-refractivity contribution in [3.63, 3.8) is 0 Å². The summed E-state index contributed by atoms with van der Waals surface area (Å²) in [5.74, 6) is -0.175. The lowest BCUT2D eigenvalue weighted by molar-refractivity contribution is -0.149. The number of piperidine rings is 1. The zero-order valence-electron chi connectivity index (χ0n) is 17.0. The van der Waals surface area contributed by atoms with E-state index in [0.717, 1.165) is 49.8 Å². The van der Waals surface area contributed by atoms with Crippen LogP contribution < -0.4 is 0 Å². The summed E-state index contributed by atoms with van der Waals surface area (Å²) < 4.78 is 5.59. The lowest BCUT2D eigenvalue weighted by atomic mass is 9.88. The largest absolute Gasteiger partial charge is 0.445 e. The smallest absolute Gasteiger partial charge is 0.411 e. The molecule has 4 aliphatic rings. The molecule has 0 unspecified atom stereocenters. The first kappa shape index (κ1) is 19.2. The van der Waals surface area contributed by atoms with Crippen LogP contribution in [0.4, 0.5) is 4.79 Å². The van der Waals surface area contributed by atoms with Crippen molar-refractivity contribution in [2.75, 3.05) is 6.54 Å². The summed E-state index contributed by atoms with van der Waals surface area (Å²) in [5, 5.41) is 0. The summed E-state index contributed by atoms with van der Waals surface area (Å²) in [5.41, 5.74) is 1.69. The fourth-order valence-corrected chi connectivity index (χ4v) is 5.32. The molecule has 0 radical (unpaired) electrons. The molecule has 1 aromatic rings. The van der Waals surface area contributed by atoms with E-state index in [9.17, 15) is 14.4 Å². The van der Waals surface area contributed by atoms with E-state index in [4.69, 9.17) is 4.74 Å². The highest BCUT2D eigenvalue weighted by Gasteiger charge is 2.51. The lowest BCUT2D eigenvalue weighted by Crippen LogP contribution is -2.66. The topological polar surface area (TPSA) is 70.2 Å². The Morgan fingerprint density at radius 2 is 1.70 bits per heavy atom. The Morgan fingerprint density at radius 3 is 2.47 bits per heavy atom. The molecule has 3 aliphatic heterocycles. The molecule has 1 aliphatic carbocycles. The zero-order chi connectivity index (χ0) is 20.7. The Morgan fingerprint density at radius 1 is 0.967 bits per heavy atom. The SMILES string of the molecule is O=C1[C@@H]2CCC[C@H](C3=CN(C4CCCC4)C(=O)CN13)N2C(=O)OCc1ccccc1. The van der Waals surface area contributed by atoms with Gasteiger partial charge in [-0.25, -0.2) is 4.79 Å². The standard InChI is InChI=1S/C23H27N3O4/c27-21-14-25-20(13-24(21)17-9-4-5-10-17)18-11-6-12-19(22(25)28)26(18)23(29)30-15-16-7-2-1-3-8-16/h1-3,7-8,13,17-19H,4-6,9-12,14-15H2/t18-,19+/m1/s1. The number of carbonyl (C=O) groups is 3. The van der Waals surface area contributed by atoms with Gasteiger partial charge in [0.15, 0.2) is 0 Å². The van der Waals surface area contributed by atoms with E-state index in [0.29, 0.717) is 6.42 Å². The van der Waals surface area contributed by atoms with E-state index >= 15 is 0 Å². The number of fused-ring (bicyclic) bond motifs is 4. The maximum atomic E-state index is 13.2. The molecule has 30 heavy (non-hydrogen) atoms. The summed E-state index contributed by atoms with van der Waals surface area (Å²) in [4.78, 5) is 44.1. The maximum absolute atomic E-state index is 13.2. The number of amides is 3. The van der Waals surface area contributed by atoms with Crippen molar-refractivity contribution < 1.29 is 19.1 Å². The van der Waals surface area contributed by atoms with Crippen molar-refractivity contribution in [1.82, 2.24) is 14.7 Å². The molecule has 2 bridgehead atoms. The monoisotopic (exact) mass is 409 g/mol. The van der Waals surface area contributed by atoms with Crippen LogP contribution in [0, 0.1) is 0 Å². The predicted octanol–water partition coefficient (Wildman–Crippen LogP) is 3.01. The Labute approximate surface area is 176 Å². The quantitative estimate of drug-likeness (QED) is 0.770. The minimum atomic E-state index is -0.546. The number of ether oxygens (including phenoxy) is 1. The second kappa shape index (κ2) is 7.78. The minimum Gasteiger partial charge on any atom is -0.445 e. The van der Waals surface area contributed by atoms with Crippen molar-refractivity contribution in [3.05, 3.63) is 47.8 Å². The van der Waals surface area contributed by atoms with Gasteiger partial charge in [-0.1, -0.05) is 43.2 Å². The fraction of sp³-hybridized carbons (Fsp3) is 0.522. The molecular formula is C23H27N3O4. The summed E-state index contributed by atoms with van der Waals surface area (Å²) in [6.07, 6.45) is 7.92. The minimum absolute atomic E-state index is 0.0165. The first-order valence-electron chi connectivity index (χ1n) is 11.0. The first-order chi connectivity index (χ1) is 14.6. The molecule has 0 spiro atoms. The third-order valence-corrected chi connectivity index (χ3v) is 6.82. The number of rotatable bonds is 3. The van der Waals surface area contributed by atoms with Crippen LogP contribution >= 0.6 is 0 Å². The molecule has 7 nitrogen and oxygen atoms in total. The highest BCUT2D eigenvalue weighted by molar-refractivity contribution is 5.94. The van der Waals surface area contributed by atoms with Crippen LogP contribution in [0.15, 0.2) is 42.2 Å². The molecule has 2 saturated heterocycles. The van der Waals surface area contributed by atoms with Crippen LogP contribution in [0.3, 0.4) is 0 Å². The molecule has 1 aromatic carbocycles. The number of hydrogen-bond donors (Lipinski definition) is 0. The van der Waals surface area contributed by atoms with E-state index in [1.807, 2.05) is 41.4 Å². The van der Waals surface area contributed by atoms with Crippen molar-refractivity contribution in [1.29, 1.82) is 0 Å². The fourth-order valence-electron chi connectivity index (χ4n) is 5.32. The van der Waals surface area contributed by atoms with Crippen LogP contribution in [-0.4, -0.2) is 57.3 Å². The number of nitrogens with zero attached hydrogens (tertiary/aromatic N) is 3. The van der Waals surface area contributed by atoms with E-state index in [-0.39, 0.29) is 37.0 Å². The molecular weight excluding hydrogens is 382 g/mol. The van der Waals surface area contributed by atoms with Crippen molar-refractivity contribution in [2.45, 2.75) is 69.7 Å². The van der Waals surface area contributed by atoms with Gasteiger partial charge < -0.3 is 14.5 Å². The zero-order valence-corrected chi connectivity index (χ0v) is 17.0. The van der Waals surface area contributed by atoms with Crippen LogP contribution in [0.5, 0.6) is 0 Å². The molecule has 3 amide bonds. The third kappa shape index (κ3) is 3.26. The maximum Gasteiger partial charge on any atom is 0.411 e.